The van der Waals surface area contributed by atoms with Crippen molar-refractivity contribution in [1.82, 2.24) is 29.7 Å². The summed E-state index contributed by atoms with van der Waals surface area (Å²) in [4.78, 5) is 15.7. The Morgan fingerprint density at radius 3 is 2.25 bits per heavy atom. The lowest BCUT2D eigenvalue weighted by molar-refractivity contribution is 0.171. The van der Waals surface area contributed by atoms with Crippen molar-refractivity contribution in [2.24, 2.45) is 0 Å². The number of aromatic nitrogens is 5. The Balaban J connectivity index is 1.15. The molecule has 0 spiro atoms. The predicted molar refractivity (Wildman–Crippen MR) is 224 cm³/mol. The molecule has 0 saturated heterocycles. The molecule has 55 heavy (non-hydrogen) atoms. The molecule has 2 amide bonds. The first-order chi connectivity index (χ1) is 26.1. The predicted octanol–water partition coefficient (Wildman–Crippen LogP) is 9.93. The maximum Gasteiger partial charge on any atom is 0.320 e. The highest BCUT2D eigenvalue weighted by Gasteiger charge is 2.45. The van der Waals surface area contributed by atoms with Gasteiger partial charge in [0.05, 0.1) is 30.2 Å². The normalized spacial score (nSPS) is 16.2. The summed E-state index contributed by atoms with van der Waals surface area (Å²) in [6, 6.07) is 21.7. The van der Waals surface area contributed by atoms with Crippen LogP contribution in [-0.4, -0.2) is 58.9 Å². The number of amides is 2. The third-order valence-corrected chi connectivity index (χ3v) is 17.3. The topological polar surface area (TPSA) is 111 Å². The number of nitrogens with one attached hydrogen (secondary N) is 2. The van der Waals surface area contributed by atoms with Gasteiger partial charge in [0.1, 0.15) is 17.7 Å². The second kappa shape index (κ2) is 16.2. The summed E-state index contributed by atoms with van der Waals surface area (Å²) in [5, 5.41) is 20.2. The van der Waals surface area contributed by atoms with Gasteiger partial charge in [-0.3, -0.25) is 9.72 Å². The summed E-state index contributed by atoms with van der Waals surface area (Å²) in [6.07, 6.45) is 3.24. The Bertz CT molecular complexity index is 2060. The Morgan fingerprint density at radius 1 is 0.927 bits per heavy atom. The van der Waals surface area contributed by atoms with Crippen LogP contribution in [-0.2, 0) is 9.84 Å². The number of benzene rings is 2. The van der Waals surface area contributed by atoms with Gasteiger partial charge in [0, 0.05) is 25.1 Å². The highest BCUT2D eigenvalue weighted by atomic mass is 28.4. The third kappa shape index (κ3) is 8.45. The van der Waals surface area contributed by atoms with Crippen molar-refractivity contribution in [1.29, 1.82) is 0 Å². The van der Waals surface area contributed by atoms with Gasteiger partial charge in [-0.25, -0.2) is 9.48 Å². The first kappa shape index (κ1) is 40.0. The van der Waals surface area contributed by atoms with Gasteiger partial charge in [-0.2, -0.15) is 5.10 Å². The summed E-state index contributed by atoms with van der Waals surface area (Å²) in [7, 11) is 0.0687. The fraction of sp³-hybridized carbons (Fsp3) is 0.488. The van der Waals surface area contributed by atoms with E-state index >= 15 is 0 Å². The van der Waals surface area contributed by atoms with E-state index in [1.54, 1.807) is 4.68 Å². The number of ether oxygens (including phenoxy) is 1. The van der Waals surface area contributed by atoms with Gasteiger partial charge in [-0.1, -0.05) is 104 Å². The smallest absolute Gasteiger partial charge is 0.320 e. The van der Waals surface area contributed by atoms with Crippen LogP contribution in [0.25, 0.3) is 11.3 Å². The van der Waals surface area contributed by atoms with Crippen molar-refractivity contribution in [3.05, 3.63) is 95.3 Å². The Morgan fingerprint density at radius 2 is 1.60 bits per heavy atom. The summed E-state index contributed by atoms with van der Waals surface area (Å²) in [5.41, 5.74) is 7.21. The fourth-order valence-corrected chi connectivity index (χ4v) is 13.8. The number of carbonyl (C=O) groups excluding carboxylic acids is 1. The summed E-state index contributed by atoms with van der Waals surface area (Å²) < 4.78 is 17.3. The lowest BCUT2D eigenvalue weighted by atomic mass is 9.85. The highest BCUT2D eigenvalue weighted by Crippen LogP contribution is 2.42. The minimum atomic E-state index is -1.97. The number of rotatable bonds is 13. The minimum absolute atomic E-state index is 0.180. The van der Waals surface area contributed by atoms with Gasteiger partial charge >= 0.3 is 6.03 Å². The number of urea groups is 1. The van der Waals surface area contributed by atoms with E-state index in [4.69, 9.17) is 14.3 Å². The van der Waals surface area contributed by atoms with Gasteiger partial charge in [0.25, 0.3) is 0 Å². The van der Waals surface area contributed by atoms with Gasteiger partial charge in [-0.05, 0) is 71.8 Å². The van der Waals surface area contributed by atoms with Crippen molar-refractivity contribution < 1.29 is 14.0 Å². The lowest BCUT2D eigenvalue weighted by Gasteiger charge is -2.42. The summed E-state index contributed by atoms with van der Waals surface area (Å²) >= 11 is 0. The molecule has 5 aromatic rings. The van der Waals surface area contributed by atoms with E-state index in [1.807, 2.05) is 72.2 Å². The van der Waals surface area contributed by atoms with Crippen molar-refractivity contribution in [2.45, 2.75) is 116 Å². The molecule has 3 aromatic heterocycles. The number of fused-ring (bicyclic) bond motifs is 2. The first-order valence-electron chi connectivity index (χ1n) is 19.8. The Hall–Kier alpha value is -4.68. The van der Waals surface area contributed by atoms with E-state index in [0.29, 0.717) is 35.6 Å². The maximum absolute atomic E-state index is 13.6. The molecule has 294 valence electrons. The number of hydrogen-bond acceptors (Lipinski definition) is 7. The summed E-state index contributed by atoms with van der Waals surface area (Å²) in [5.74, 6) is 2.09. The molecule has 2 aromatic carbocycles. The van der Waals surface area contributed by atoms with Gasteiger partial charge in [0.2, 0.25) is 5.95 Å². The zero-order chi connectivity index (χ0) is 39.7. The fourth-order valence-electron chi connectivity index (χ4n) is 8.37. The van der Waals surface area contributed by atoms with Crippen LogP contribution in [0.4, 0.5) is 16.6 Å². The number of pyridine rings is 1. The standard InChI is InChI=1S/C43H60N8O3Si/c1-28(2)55(29(3)4,30(5)6)53-25-24-49(11)42-47-46-39-23-20-33(27-50(39)42)54-37-22-21-36(34-14-12-13-15-35(34)37)44-41(52)45-40-26-38(43(8,9)10)48-51(40)32-18-16-31(7)17-19-32/h12-20,23,26-30,36-37H,21-22,24-25H2,1-11H3,(H2,44,45,52)/t36-,37+/m0/s1. The number of nitrogens with zero attached hydrogens (tertiary/aromatic N) is 6. The van der Waals surface area contributed by atoms with Crippen LogP contribution in [0.5, 0.6) is 5.75 Å². The van der Waals surface area contributed by atoms with E-state index in [-0.39, 0.29) is 23.6 Å². The van der Waals surface area contributed by atoms with Crippen molar-refractivity contribution >= 4 is 31.8 Å². The quantitative estimate of drug-likeness (QED) is 0.115. The summed E-state index contributed by atoms with van der Waals surface area (Å²) in [6.45, 7) is 23.6. The van der Waals surface area contributed by atoms with Crippen LogP contribution in [0.1, 0.15) is 110 Å². The molecular formula is C43H60N8O3Si. The molecule has 0 radical (unpaired) electrons. The zero-order valence-electron chi connectivity index (χ0n) is 34.6. The molecule has 1 aliphatic rings. The Kier molecular flexibility index (Phi) is 11.8. The van der Waals surface area contributed by atoms with E-state index in [0.717, 1.165) is 58.3 Å². The van der Waals surface area contributed by atoms with Crippen molar-refractivity contribution in [2.75, 3.05) is 30.4 Å². The van der Waals surface area contributed by atoms with Crippen LogP contribution >= 0.6 is 0 Å². The molecule has 1 aliphatic carbocycles. The number of carbonyl (C=O) groups is 1. The van der Waals surface area contributed by atoms with E-state index in [2.05, 4.69) is 107 Å². The van der Waals surface area contributed by atoms with Crippen LogP contribution in [0.15, 0.2) is 72.9 Å². The average Bonchev–Trinajstić information content (AvgIpc) is 3.75. The van der Waals surface area contributed by atoms with Gasteiger partial charge in [-0.15, -0.1) is 10.2 Å². The molecule has 12 heteroatoms. The SMILES string of the molecule is Cc1ccc(-n2nc(C(C)(C)C)cc2NC(=O)N[C@H]2CC[C@@H](Oc3ccc4nnc(N(C)CCO[Si](C(C)C)(C(C)C)C(C)C)n4c3)c3ccccc32)cc1. The number of hydrogen-bond donors (Lipinski definition) is 2. The van der Waals surface area contributed by atoms with Gasteiger partial charge in [0.15, 0.2) is 14.0 Å². The molecule has 0 aliphatic heterocycles. The monoisotopic (exact) mass is 764 g/mol. The van der Waals surface area contributed by atoms with Crippen LogP contribution < -0.4 is 20.3 Å². The maximum atomic E-state index is 13.6. The molecule has 0 bridgehead atoms. The Labute approximate surface area is 328 Å². The van der Waals surface area contributed by atoms with E-state index in [9.17, 15) is 4.79 Å². The molecule has 3 heterocycles. The van der Waals surface area contributed by atoms with Gasteiger partial charge < -0.3 is 19.4 Å². The molecule has 0 fully saturated rings. The number of aryl methyl sites for hydroxylation is 1. The van der Waals surface area contributed by atoms with Crippen LogP contribution in [0, 0.1) is 6.92 Å². The van der Waals surface area contributed by atoms with E-state index < -0.39 is 8.32 Å². The largest absolute Gasteiger partial charge is 0.484 e. The minimum Gasteiger partial charge on any atom is -0.484 e. The third-order valence-electron chi connectivity index (χ3n) is 11.2. The number of likely N-dealkylation sites (N-methyl/N-ethyl adjacent to an activating group) is 1. The zero-order valence-corrected chi connectivity index (χ0v) is 35.6. The highest BCUT2D eigenvalue weighted by molar-refractivity contribution is 6.77. The number of anilines is 2. The molecule has 6 rings (SSSR count). The second-order valence-corrected chi connectivity index (χ2v) is 22.5. The van der Waals surface area contributed by atoms with E-state index in [1.165, 1.54) is 0 Å². The lowest BCUT2D eigenvalue weighted by Crippen LogP contribution is -2.49. The molecule has 2 atom stereocenters. The average molecular weight is 765 g/mol. The second-order valence-electron chi connectivity index (χ2n) is 17.1. The molecule has 0 unspecified atom stereocenters. The van der Waals surface area contributed by atoms with Crippen LogP contribution in [0.3, 0.4) is 0 Å². The van der Waals surface area contributed by atoms with Crippen molar-refractivity contribution in [3.63, 3.8) is 0 Å². The molecule has 2 N–H and O–H groups in total. The molecule has 0 saturated carbocycles. The molecule has 11 nitrogen and oxygen atoms in total. The van der Waals surface area contributed by atoms with Crippen molar-refractivity contribution in [3.8, 4) is 11.4 Å². The first-order valence-corrected chi connectivity index (χ1v) is 21.9. The molecular weight excluding hydrogens is 705 g/mol. The van der Waals surface area contributed by atoms with Crippen LogP contribution in [0.2, 0.25) is 16.6 Å².